The fourth-order valence-corrected chi connectivity index (χ4v) is 9.24. The van der Waals surface area contributed by atoms with Crippen LogP contribution in [-0.2, 0) is 14.4 Å². The maximum absolute atomic E-state index is 13.3. The van der Waals surface area contributed by atoms with Gasteiger partial charge >= 0.3 is 0 Å². The molecule has 0 fully saturated rings. The van der Waals surface area contributed by atoms with Gasteiger partial charge < -0.3 is 9.69 Å². The summed E-state index contributed by atoms with van der Waals surface area (Å²) in [5.41, 5.74) is 8.42. The number of hydrogen-bond donors (Lipinski definition) is 0. The van der Waals surface area contributed by atoms with E-state index in [0.717, 1.165) is 57.4 Å². The first kappa shape index (κ1) is 39.6. The second kappa shape index (κ2) is 18.2. The molecule has 0 N–H and O–H groups in total. The van der Waals surface area contributed by atoms with Crippen molar-refractivity contribution in [3.05, 3.63) is 224 Å². The van der Waals surface area contributed by atoms with Crippen LogP contribution in [0.4, 0.5) is 5.69 Å². The summed E-state index contributed by atoms with van der Waals surface area (Å²) >= 11 is 1.81. The Morgan fingerprint density at radius 1 is 0.733 bits per heavy atom. The van der Waals surface area contributed by atoms with E-state index in [-0.39, 0.29) is 0 Å². The molecule has 1 aliphatic rings. The van der Waals surface area contributed by atoms with Gasteiger partial charge in [-0.1, -0.05) is 146 Å². The number of aldehydes is 1. The first-order valence-electron chi connectivity index (χ1n) is 20.1. The van der Waals surface area contributed by atoms with E-state index in [1.54, 1.807) is 24.3 Å². The molecule has 2 atom stereocenters. The molecular weight excluding hydrogens is 755 g/mol. The van der Waals surface area contributed by atoms with Crippen molar-refractivity contribution >= 4 is 77.5 Å². The predicted octanol–water partition coefficient (Wildman–Crippen LogP) is 13.6. The van der Waals surface area contributed by atoms with E-state index in [2.05, 4.69) is 139 Å². The van der Waals surface area contributed by atoms with E-state index in [9.17, 15) is 14.4 Å². The number of hydrogen-bond acceptors (Lipinski definition) is 5. The molecule has 1 heterocycles. The van der Waals surface area contributed by atoms with Crippen LogP contribution < -0.4 is 4.90 Å². The van der Waals surface area contributed by atoms with Gasteiger partial charge in [0.25, 0.3) is 0 Å². The number of benzene rings is 6. The standard InChI is InChI=1S/C55H43NO3S/c1-3-5-17-42-34-40-20-9-10-21-41(40)36-50(42)43-22-15-23-45(35-43)56(33-14-13-27-52(58)54(59)51(37-57)46(4-2)38-18-7-6-8-19-38)44-31-29-39(30-32-44)47-25-16-26-49-48-24-11-12-28-53(48)60-55(47)49/h3-14,16-22,24-37,46,51H,1-2,15,23H2/b17-5-,27-13-,33-14+. The number of carbonyl (C=O) groups excluding carboxylic acids is 3. The number of fused-ring (bicyclic) bond motifs is 4. The molecule has 1 aliphatic carbocycles. The quantitative estimate of drug-likeness (QED) is 0.0259. The molecule has 0 amide bonds. The van der Waals surface area contributed by atoms with Gasteiger partial charge in [-0.05, 0) is 106 Å². The fourth-order valence-electron chi connectivity index (χ4n) is 8.00. The molecule has 60 heavy (non-hydrogen) atoms. The number of carbonyl (C=O) groups is 3. The van der Waals surface area contributed by atoms with Crippen LogP contribution >= 0.6 is 11.3 Å². The van der Waals surface area contributed by atoms with Crippen molar-refractivity contribution in [1.82, 2.24) is 0 Å². The monoisotopic (exact) mass is 797 g/mol. The molecule has 0 bridgehead atoms. The minimum atomic E-state index is -1.17. The van der Waals surface area contributed by atoms with Gasteiger partial charge in [0, 0.05) is 43.7 Å². The summed E-state index contributed by atoms with van der Waals surface area (Å²) < 4.78 is 2.52. The topological polar surface area (TPSA) is 54.5 Å². The van der Waals surface area contributed by atoms with Crippen LogP contribution in [0.1, 0.15) is 35.4 Å². The number of Topliss-reactive ketones (excluding diaryl/α,β-unsaturated/α-hetero) is 1. The van der Waals surface area contributed by atoms with Gasteiger partial charge in [-0.3, -0.25) is 9.59 Å². The average Bonchev–Trinajstić information content (AvgIpc) is 3.69. The zero-order chi connectivity index (χ0) is 41.4. The van der Waals surface area contributed by atoms with Gasteiger partial charge in [0.2, 0.25) is 11.6 Å². The Bertz CT molecular complexity index is 2920. The molecule has 0 saturated carbocycles. The number of thiophene rings is 1. The lowest BCUT2D eigenvalue weighted by Gasteiger charge is -2.27. The van der Waals surface area contributed by atoms with E-state index in [0.29, 0.717) is 6.29 Å². The molecule has 8 rings (SSSR count). The highest BCUT2D eigenvalue weighted by Crippen LogP contribution is 2.41. The molecule has 0 saturated heterocycles. The summed E-state index contributed by atoms with van der Waals surface area (Å²) in [4.78, 5) is 40.9. The fraction of sp³-hybridized carbons (Fsp3) is 0.0727. The molecule has 5 heteroatoms. The van der Waals surface area contributed by atoms with Gasteiger partial charge in [-0.25, -0.2) is 0 Å². The Balaban J connectivity index is 1.14. The van der Waals surface area contributed by atoms with Crippen LogP contribution in [0.15, 0.2) is 207 Å². The summed E-state index contributed by atoms with van der Waals surface area (Å²) in [5, 5.41) is 4.85. The lowest BCUT2D eigenvalue weighted by atomic mass is 9.83. The van der Waals surface area contributed by atoms with Crippen molar-refractivity contribution in [2.75, 3.05) is 4.90 Å². The first-order chi connectivity index (χ1) is 29.5. The third-order valence-electron chi connectivity index (χ3n) is 11.0. The minimum absolute atomic E-state index is 0.546. The molecular formula is C55H43NO3S. The molecule has 0 spiro atoms. The molecule has 7 aromatic rings. The van der Waals surface area contributed by atoms with Gasteiger partial charge in [-0.2, -0.15) is 0 Å². The van der Waals surface area contributed by atoms with E-state index < -0.39 is 23.4 Å². The maximum atomic E-state index is 13.3. The Labute approximate surface area is 354 Å². The second-order valence-corrected chi connectivity index (χ2v) is 15.7. The number of anilines is 1. The SMILES string of the molecule is C=C/C=C\c1cc2ccccc2cc1C1=CCCC(N(/C=C/C=C\C(=O)C(=O)C(C=O)C(C=C)c2ccccc2)c2ccc(-c3cccc4c3sc3ccccc34)cc2)=C1. The van der Waals surface area contributed by atoms with E-state index in [1.807, 2.05) is 53.9 Å². The largest absolute Gasteiger partial charge is 0.321 e. The highest BCUT2D eigenvalue weighted by Gasteiger charge is 2.30. The van der Waals surface area contributed by atoms with Gasteiger partial charge in [0.1, 0.15) is 6.29 Å². The normalized spacial score (nSPS) is 14.1. The lowest BCUT2D eigenvalue weighted by molar-refractivity contribution is -0.138. The smallest absolute Gasteiger partial charge is 0.222 e. The maximum Gasteiger partial charge on any atom is 0.222 e. The summed E-state index contributed by atoms with van der Waals surface area (Å²) in [6.07, 6.45) is 20.6. The number of ketones is 2. The van der Waals surface area contributed by atoms with Crippen molar-refractivity contribution in [3.63, 3.8) is 0 Å². The van der Waals surface area contributed by atoms with Gasteiger partial charge in [-0.15, -0.1) is 17.9 Å². The van der Waals surface area contributed by atoms with Crippen LogP contribution in [0.3, 0.4) is 0 Å². The third-order valence-corrected chi connectivity index (χ3v) is 12.2. The summed E-state index contributed by atoms with van der Waals surface area (Å²) in [7, 11) is 0. The average molecular weight is 798 g/mol. The zero-order valence-corrected chi connectivity index (χ0v) is 33.9. The molecule has 6 aromatic carbocycles. The van der Waals surface area contributed by atoms with Gasteiger partial charge in [0.15, 0.2) is 0 Å². The van der Waals surface area contributed by atoms with Crippen LogP contribution in [-0.4, -0.2) is 17.9 Å². The van der Waals surface area contributed by atoms with Gasteiger partial charge in [0.05, 0.1) is 5.92 Å². The van der Waals surface area contributed by atoms with Crippen molar-refractivity contribution in [2.24, 2.45) is 5.92 Å². The molecule has 0 aliphatic heterocycles. The van der Waals surface area contributed by atoms with Crippen molar-refractivity contribution < 1.29 is 14.4 Å². The zero-order valence-electron chi connectivity index (χ0n) is 33.1. The predicted molar refractivity (Wildman–Crippen MR) is 253 cm³/mol. The number of nitrogens with zero attached hydrogens (tertiary/aromatic N) is 1. The number of rotatable bonds is 15. The van der Waals surface area contributed by atoms with E-state index in [1.165, 1.54) is 37.2 Å². The molecule has 292 valence electrons. The lowest BCUT2D eigenvalue weighted by Crippen LogP contribution is -2.28. The Morgan fingerprint density at radius 2 is 1.47 bits per heavy atom. The summed E-state index contributed by atoms with van der Waals surface area (Å²) in [5.74, 6) is -3.29. The Morgan fingerprint density at radius 3 is 2.23 bits per heavy atom. The minimum Gasteiger partial charge on any atom is -0.321 e. The first-order valence-corrected chi connectivity index (χ1v) is 20.9. The third kappa shape index (κ3) is 8.22. The van der Waals surface area contributed by atoms with Crippen LogP contribution in [0.2, 0.25) is 0 Å². The molecule has 1 aromatic heterocycles. The van der Waals surface area contributed by atoms with Crippen molar-refractivity contribution in [3.8, 4) is 11.1 Å². The van der Waals surface area contributed by atoms with Crippen molar-refractivity contribution in [1.29, 1.82) is 0 Å². The highest BCUT2D eigenvalue weighted by atomic mass is 32.1. The Hall–Kier alpha value is -7.21. The highest BCUT2D eigenvalue weighted by molar-refractivity contribution is 7.26. The van der Waals surface area contributed by atoms with Crippen LogP contribution in [0.25, 0.3) is 53.7 Å². The molecule has 4 nitrogen and oxygen atoms in total. The van der Waals surface area contributed by atoms with E-state index in [4.69, 9.17) is 0 Å². The second-order valence-electron chi connectivity index (χ2n) is 14.7. The van der Waals surface area contributed by atoms with Crippen molar-refractivity contribution in [2.45, 2.75) is 18.8 Å². The summed E-state index contributed by atoms with van der Waals surface area (Å²) in [6, 6.07) is 45.6. The molecule has 0 radical (unpaired) electrons. The van der Waals surface area contributed by atoms with E-state index >= 15 is 0 Å². The molecule has 2 unspecified atom stereocenters. The Kier molecular flexibility index (Phi) is 12.0. The van der Waals surface area contributed by atoms with Crippen LogP contribution in [0.5, 0.6) is 0 Å². The summed E-state index contributed by atoms with van der Waals surface area (Å²) in [6.45, 7) is 7.74. The van der Waals surface area contributed by atoms with Crippen LogP contribution in [0, 0.1) is 5.92 Å². The number of allylic oxidation sites excluding steroid dienone is 10.